The molecular formula is C14H13ClN2O. The predicted molar refractivity (Wildman–Crippen MR) is 69.9 cm³/mol. The van der Waals surface area contributed by atoms with Gasteiger partial charge in [-0.15, -0.1) is 0 Å². The van der Waals surface area contributed by atoms with Gasteiger partial charge in [-0.05, 0) is 30.5 Å². The van der Waals surface area contributed by atoms with Crippen LogP contribution in [0.4, 0.5) is 0 Å². The van der Waals surface area contributed by atoms with E-state index in [0.29, 0.717) is 13.2 Å². The Morgan fingerprint density at radius 3 is 2.89 bits per heavy atom. The molecule has 0 saturated carbocycles. The number of benzene rings is 1. The highest BCUT2D eigenvalue weighted by Crippen LogP contribution is 2.38. The first-order chi connectivity index (χ1) is 8.73. The minimum absolute atomic E-state index is 0.0743. The van der Waals surface area contributed by atoms with E-state index in [9.17, 15) is 5.26 Å². The lowest BCUT2D eigenvalue weighted by Crippen LogP contribution is -2.48. The van der Waals surface area contributed by atoms with E-state index in [4.69, 9.17) is 21.3 Å². The lowest BCUT2D eigenvalue weighted by Gasteiger charge is -2.38. The zero-order valence-electron chi connectivity index (χ0n) is 9.90. The number of halogens is 1. The van der Waals surface area contributed by atoms with E-state index >= 15 is 0 Å². The van der Waals surface area contributed by atoms with Crippen LogP contribution in [0.2, 0.25) is 5.02 Å². The standard InChI is InChI=1S/C14H13ClN2O/c15-11-3-1-2-10(6-11)12-4-5-13(17-12)14(7-16)8-18-9-14/h1-3,6,13H,4-5,8-9H2/t13-/m1/s1. The summed E-state index contributed by atoms with van der Waals surface area (Å²) in [6.07, 6.45) is 1.84. The van der Waals surface area contributed by atoms with Crippen LogP contribution in [-0.4, -0.2) is 25.0 Å². The Morgan fingerprint density at radius 1 is 1.44 bits per heavy atom. The van der Waals surface area contributed by atoms with Crippen molar-refractivity contribution in [3.8, 4) is 6.07 Å². The number of rotatable bonds is 2. The van der Waals surface area contributed by atoms with Gasteiger partial charge in [-0.2, -0.15) is 5.26 Å². The van der Waals surface area contributed by atoms with Gasteiger partial charge >= 0.3 is 0 Å². The van der Waals surface area contributed by atoms with Crippen molar-refractivity contribution in [2.24, 2.45) is 10.4 Å². The summed E-state index contributed by atoms with van der Waals surface area (Å²) in [4.78, 5) is 4.72. The van der Waals surface area contributed by atoms with Crippen LogP contribution in [0.1, 0.15) is 18.4 Å². The zero-order chi connectivity index (χ0) is 12.6. The molecule has 1 saturated heterocycles. The second-order valence-corrected chi connectivity index (χ2v) is 5.34. The van der Waals surface area contributed by atoms with Crippen molar-refractivity contribution >= 4 is 17.3 Å². The molecule has 0 aromatic heterocycles. The van der Waals surface area contributed by atoms with Crippen LogP contribution in [0.5, 0.6) is 0 Å². The van der Waals surface area contributed by atoms with Crippen molar-refractivity contribution in [3.05, 3.63) is 34.9 Å². The minimum atomic E-state index is -0.389. The lowest BCUT2D eigenvalue weighted by molar-refractivity contribution is -0.0892. The molecule has 1 aromatic rings. The van der Waals surface area contributed by atoms with Gasteiger partial charge in [0.15, 0.2) is 0 Å². The number of nitrogens with zero attached hydrogens (tertiary/aromatic N) is 2. The molecule has 3 rings (SSSR count). The summed E-state index contributed by atoms with van der Waals surface area (Å²) >= 11 is 5.99. The zero-order valence-corrected chi connectivity index (χ0v) is 10.7. The number of ether oxygens (including phenoxy) is 1. The molecule has 1 aromatic carbocycles. The molecule has 2 aliphatic rings. The monoisotopic (exact) mass is 260 g/mol. The Hall–Kier alpha value is -1.37. The lowest BCUT2D eigenvalue weighted by atomic mass is 9.79. The molecule has 2 heterocycles. The molecule has 4 heteroatoms. The first-order valence-corrected chi connectivity index (χ1v) is 6.43. The van der Waals surface area contributed by atoms with Gasteiger partial charge in [-0.25, -0.2) is 0 Å². The SMILES string of the molecule is N#CC1([C@H]2CCC(c3cccc(Cl)c3)=N2)COC1. The number of nitriles is 1. The third-order valence-corrected chi connectivity index (χ3v) is 3.94. The van der Waals surface area contributed by atoms with Crippen LogP contribution in [-0.2, 0) is 4.74 Å². The average molecular weight is 261 g/mol. The van der Waals surface area contributed by atoms with Gasteiger partial charge in [-0.3, -0.25) is 4.99 Å². The molecule has 18 heavy (non-hydrogen) atoms. The summed E-state index contributed by atoms with van der Waals surface area (Å²) in [5.41, 5.74) is 1.74. The maximum Gasteiger partial charge on any atom is 0.126 e. The summed E-state index contributed by atoms with van der Waals surface area (Å²) < 4.78 is 5.19. The van der Waals surface area contributed by atoms with Crippen LogP contribution in [0.15, 0.2) is 29.3 Å². The Labute approximate surface area is 111 Å². The Bertz CT molecular complexity index is 543. The minimum Gasteiger partial charge on any atom is -0.378 e. The normalized spacial score (nSPS) is 25.1. The van der Waals surface area contributed by atoms with E-state index in [2.05, 4.69) is 6.07 Å². The molecule has 3 nitrogen and oxygen atoms in total. The van der Waals surface area contributed by atoms with Crippen LogP contribution in [0.25, 0.3) is 0 Å². The highest BCUT2D eigenvalue weighted by molar-refractivity contribution is 6.31. The average Bonchev–Trinajstić information content (AvgIpc) is 2.78. The Kier molecular flexibility index (Phi) is 2.85. The smallest absolute Gasteiger partial charge is 0.126 e. The molecule has 0 aliphatic carbocycles. The van der Waals surface area contributed by atoms with E-state index in [1.165, 1.54) is 0 Å². The summed E-state index contributed by atoms with van der Waals surface area (Å²) in [5, 5.41) is 10.0. The van der Waals surface area contributed by atoms with Crippen LogP contribution in [0.3, 0.4) is 0 Å². The molecule has 0 radical (unpaired) electrons. The number of aliphatic imine (C=N–C) groups is 1. The largest absolute Gasteiger partial charge is 0.378 e. The van der Waals surface area contributed by atoms with Crippen molar-refractivity contribution in [1.82, 2.24) is 0 Å². The van der Waals surface area contributed by atoms with Crippen molar-refractivity contribution in [3.63, 3.8) is 0 Å². The summed E-state index contributed by atoms with van der Waals surface area (Å²) in [6, 6.07) is 10.2. The second-order valence-electron chi connectivity index (χ2n) is 4.90. The third-order valence-electron chi connectivity index (χ3n) is 3.70. The van der Waals surface area contributed by atoms with Gasteiger partial charge in [0, 0.05) is 10.7 Å². The Morgan fingerprint density at radius 2 is 2.28 bits per heavy atom. The predicted octanol–water partition coefficient (Wildman–Crippen LogP) is 2.83. The van der Waals surface area contributed by atoms with E-state index in [1.807, 2.05) is 24.3 Å². The van der Waals surface area contributed by atoms with Crippen molar-refractivity contribution in [2.45, 2.75) is 18.9 Å². The molecule has 0 unspecified atom stereocenters. The quantitative estimate of drug-likeness (QED) is 0.821. The highest BCUT2D eigenvalue weighted by Gasteiger charge is 2.47. The van der Waals surface area contributed by atoms with Gasteiger partial charge < -0.3 is 4.74 Å². The number of hydrogen-bond acceptors (Lipinski definition) is 3. The molecule has 1 fully saturated rings. The molecule has 0 spiro atoms. The van der Waals surface area contributed by atoms with E-state index in [0.717, 1.165) is 29.1 Å². The molecule has 0 N–H and O–H groups in total. The fourth-order valence-electron chi connectivity index (χ4n) is 2.53. The maximum absolute atomic E-state index is 9.28. The molecule has 2 aliphatic heterocycles. The summed E-state index contributed by atoms with van der Waals surface area (Å²) in [6.45, 7) is 1.03. The van der Waals surface area contributed by atoms with Gasteiger partial charge in [0.2, 0.25) is 0 Å². The van der Waals surface area contributed by atoms with E-state index in [1.54, 1.807) is 0 Å². The van der Waals surface area contributed by atoms with Crippen LogP contribution in [0, 0.1) is 16.7 Å². The van der Waals surface area contributed by atoms with Gasteiger partial charge in [0.05, 0.1) is 25.3 Å². The second kappa shape index (κ2) is 4.38. The van der Waals surface area contributed by atoms with Gasteiger partial charge in [-0.1, -0.05) is 23.7 Å². The molecule has 1 atom stereocenters. The van der Waals surface area contributed by atoms with Crippen LogP contribution < -0.4 is 0 Å². The first kappa shape index (κ1) is 11.7. The van der Waals surface area contributed by atoms with Gasteiger partial charge in [0.25, 0.3) is 0 Å². The van der Waals surface area contributed by atoms with Gasteiger partial charge in [0.1, 0.15) is 5.41 Å². The summed E-state index contributed by atoms with van der Waals surface area (Å²) in [5.74, 6) is 0. The highest BCUT2D eigenvalue weighted by atomic mass is 35.5. The Balaban J connectivity index is 1.86. The molecule has 0 amide bonds. The molecular weight excluding hydrogens is 248 g/mol. The van der Waals surface area contributed by atoms with Crippen molar-refractivity contribution < 1.29 is 4.74 Å². The first-order valence-electron chi connectivity index (χ1n) is 6.05. The number of hydrogen-bond donors (Lipinski definition) is 0. The molecule has 0 bridgehead atoms. The molecule has 92 valence electrons. The van der Waals surface area contributed by atoms with Crippen molar-refractivity contribution in [1.29, 1.82) is 5.26 Å². The topological polar surface area (TPSA) is 45.4 Å². The van der Waals surface area contributed by atoms with E-state index in [-0.39, 0.29) is 11.5 Å². The van der Waals surface area contributed by atoms with Crippen LogP contribution >= 0.6 is 11.6 Å². The third kappa shape index (κ3) is 1.82. The fourth-order valence-corrected chi connectivity index (χ4v) is 2.72. The summed E-state index contributed by atoms with van der Waals surface area (Å²) in [7, 11) is 0. The van der Waals surface area contributed by atoms with Crippen molar-refractivity contribution in [2.75, 3.05) is 13.2 Å². The maximum atomic E-state index is 9.28. The fraction of sp³-hybridized carbons (Fsp3) is 0.429. The van der Waals surface area contributed by atoms with E-state index < -0.39 is 0 Å².